The van der Waals surface area contributed by atoms with Crippen LogP contribution in [0.4, 0.5) is 0 Å². The lowest BCUT2D eigenvalue weighted by Crippen LogP contribution is -2.51. The van der Waals surface area contributed by atoms with Crippen LogP contribution < -0.4 is 5.32 Å². The normalized spacial score (nSPS) is 18.9. The Kier molecular flexibility index (Phi) is 6.14. The molecule has 4 rings (SSSR count). The molecule has 0 unspecified atom stereocenters. The van der Waals surface area contributed by atoms with Crippen LogP contribution in [-0.4, -0.2) is 35.8 Å². The monoisotopic (exact) mass is 424 g/mol. The summed E-state index contributed by atoms with van der Waals surface area (Å²) < 4.78 is 0. The molecule has 5 heteroatoms. The highest BCUT2D eigenvalue weighted by Crippen LogP contribution is 2.42. The number of carbonyl (C=O) groups is 2. The summed E-state index contributed by atoms with van der Waals surface area (Å²) in [6.45, 7) is 3.35. The molecule has 2 aromatic carbocycles. The second-order valence-electron chi connectivity index (χ2n) is 8.71. The first-order chi connectivity index (χ1) is 14.5. The lowest BCUT2D eigenvalue weighted by atomic mass is 9.77. The third-order valence-corrected chi connectivity index (χ3v) is 6.92. The molecular weight excluding hydrogens is 396 g/mol. The van der Waals surface area contributed by atoms with Gasteiger partial charge in [0.05, 0.1) is 5.41 Å². The van der Waals surface area contributed by atoms with E-state index in [1.807, 2.05) is 60.4 Å². The molecule has 2 aromatic rings. The van der Waals surface area contributed by atoms with Gasteiger partial charge in [0.1, 0.15) is 0 Å². The number of aryl methyl sites for hydroxylation is 1. The van der Waals surface area contributed by atoms with E-state index in [0.717, 1.165) is 55.2 Å². The van der Waals surface area contributed by atoms with Gasteiger partial charge >= 0.3 is 0 Å². The van der Waals surface area contributed by atoms with Crippen LogP contribution >= 0.6 is 11.6 Å². The Bertz CT molecular complexity index is 911. The molecule has 0 aromatic heterocycles. The quantitative estimate of drug-likeness (QED) is 0.760. The van der Waals surface area contributed by atoms with E-state index in [4.69, 9.17) is 11.6 Å². The van der Waals surface area contributed by atoms with E-state index >= 15 is 0 Å². The van der Waals surface area contributed by atoms with Gasteiger partial charge in [-0.15, -0.1) is 0 Å². The van der Waals surface area contributed by atoms with E-state index in [2.05, 4.69) is 5.32 Å². The fourth-order valence-electron chi connectivity index (χ4n) is 4.84. The molecule has 2 amide bonds. The Balaban J connectivity index is 1.39. The zero-order valence-electron chi connectivity index (χ0n) is 17.5. The summed E-state index contributed by atoms with van der Waals surface area (Å²) >= 11 is 6.22. The molecule has 158 valence electrons. The van der Waals surface area contributed by atoms with Crippen molar-refractivity contribution in [2.45, 2.75) is 56.9 Å². The van der Waals surface area contributed by atoms with Crippen molar-refractivity contribution < 1.29 is 9.59 Å². The molecule has 1 saturated carbocycles. The summed E-state index contributed by atoms with van der Waals surface area (Å²) in [5, 5.41) is 3.98. The first kappa shape index (κ1) is 20.9. The third kappa shape index (κ3) is 4.24. The number of nitrogens with one attached hydrogen (secondary N) is 1. The number of piperidine rings is 1. The molecule has 1 aliphatic heterocycles. The van der Waals surface area contributed by atoms with E-state index in [1.165, 1.54) is 0 Å². The zero-order valence-corrected chi connectivity index (χ0v) is 18.3. The molecule has 0 spiro atoms. The van der Waals surface area contributed by atoms with E-state index in [1.54, 1.807) is 0 Å². The van der Waals surface area contributed by atoms with Gasteiger partial charge in [0.2, 0.25) is 5.91 Å². The molecule has 1 heterocycles. The predicted molar refractivity (Wildman–Crippen MR) is 120 cm³/mol. The maximum atomic E-state index is 13.4. The molecule has 0 atom stereocenters. The number of hydrogen-bond acceptors (Lipinski definition) is 2. The number of rotatable bonds is 4. The Labute approximate surface area is 183 Å². The Morgan fingerprint density at radius 3 is 2.33 bits per heavy atom. The van der Waals surface area contributed by atoms with E-state index < -0.39 is 5.41 Å². The van der Waals surface area contributed by atoms with Crippen molar-refractivity contribution in [1.29, 1.82) is 0 Å². The number of likely N-dealkylation sites (tertiary alicyclic amines) is 1. The summed E-state index contributed by atoms with van der Waals surface area (Å²) in [7, 11) is 0. The standard InChI is InChI=1S/C25H29ClN2O2/c1-18-7-9-19(10-8-18)23(29)28-15-11-22(12-16-28)27-24(30)25(13-2-3-14-25)20-5-4-6-21(26)17-20/h4-10,17,22H,2-3,11-16H2,1H3,(H,27,30). The number of carbonyl (C=O) groups excluding carboxylic acids is 2. The lowest BCUT2D eigenvalue weighted by Gasteiger charge is -2.35. The highest BCUT2D eigenvalue weighted by molar-refractivity contribution is 6.30. The second kappa shape index (κ2) is 8.81. The first-order valence-corrected chi connectivity index (χ1v) is 11.3. The molecule has 0 radical (unpaired) electrons. The second-order valence-corrected chi connectivity index (χ2v) is 9.14. The van der Waals surface area contributed by atoms with Crippen LogP contribution in [0.5, 0.6) is 0 Å². The van der Waals surface area contributed by atoms with Crippen molar-refractivity contribution in [3.8, 4) is 0 Å². The van der Waals surface area contributed by atoms with Crippen LogP contribution in [0.25, 0.3) is 0 Å². The molecule has 1 aliphatic carbocycles. The van der Waals surface area contributed by atoms with Gasteiger partial charge in [-0.05, 0) is 62.4 Å². The minimum Gasteiger partial charge on any atom is -0.352 e. The van der Waals surface area contributed by atoms with Gasteiger partial charge in [-0.3, -0.25) is 9.59 Å². The van der Waals surface area contributed by atoms with Crippen LogP contribution in [0.15, 0.2) is 48.5 Å². The maximum absolute atomic E-state index is 13.4. The summed E-state index contributed by atoms with van der Waals surface area (Å²) in [5.41, 5.74) is 2.43. The summed E-state index contributed by atoms with van der Waals surface area (Å²) in [4.78, 5) is 28.0. The van der Waals surface area contributed by atoms with Gasteiger partial charge < -0.3 is 10.2 Å². The van der Waals surface area contributed by atoms with Crippen molar-refractivity contribution >= 4 is 23.4 Å². The summed E-state index contributed by atoms with van der Waals surface area (Å²) in [6.07, 6.45) is 5.42. The van der Waals surface area contributed by atoms with Crippen molar-refractivity contribution in [2.75, 3.05) is 13.1 Å². The van der Waals surface area contributed by atoms with Crippen molar-refractivity contribution in [2.24, 2.45) is 0 Å². The summed E-state index contributed by atoms with van der Waals surface area (Å²) in [5.74, 6) is 0.191. The van der Waals surface area contributed by atoms with Gasteiger partial charge in [-0.1, -0.05) is 54.3 Å². The molecule has 30 heavy (non-hydrogen) atoms. The smallest absolute Gasteiger partial charge is 0.253 e. The van der Waals surface area contributed by atoms with Crippen LogP contribution in [-0.2, 0) is 10.2 Å². The molecule has 2 fully saturated rings. The SMILES string of the molecule is Cc1ccc(C(=O)N2CCC(NC(=O)C3(c4cccc(Cl)c4)CCCC3)CC2)cc1. The highest BCUT2D eigenvalue weighted by atomic mass is 35.5. The topological polar surface area (TPSA) is 49.4 Å². The van der Waals surface area contributed by atoms with Crippen molar-refractivity contribution in [3.05, 3.63) is 70.2 Å². The van der Waals surface area contributed by atoms with Gasteiger partial charge in [-0.2, -0.15) is 0 Å². The lowest BCUT2D eigenvalue weighted by molar-refractivity contribution is -0.127. The average molecular weight is 425 g/mol. The minimum atomic E-state index is -0.472. The van der Waals surface area contributed by atoms with Gasteiger partial charge in [0.25, 0.3) is 5.91 Å². The van der Waals surface area contributed by atoms with Crippen molar-refractivity contribution in [3.63, 3.8) is 0 Å². The zero-order chi connectivity index (χ0) is 21.1. The Morgan fingerprint density at radius 1 is 1.03 bits per heavy atom. The average Bonchev–Trinajstić information content (AvgIpc) is 3.26. The Hall–Kier alpha value is -2.33. The largest absolute Gasteiger partial charge is 0.352 e. The van der Waals surface area contributed by atoms with Crippen LogP contribution in [0.2, 0.25) is 5.02 Å². The summed E-state index contributed by atoms with van der Waals surface area (Å²) in [6, 6.07) is 15.6. The number of benzene rings is 2. The number of halogens is 1. The Morgan fingerprint density at radius 2 is 1.70 bits per heavy atom. The van der Waals surface area contributed by atoms with E-state index in [-0.39, 0.29) is 17.9 Å². The number of hydrogen-bond donors (Lipinski definition) is 1. The van der Waals surface area contributed by atoms with E-state index in [9.17, 15) is 9.59 Å². The first-order valence-electron chi connectivity index (χ1n) is 10.9. The van der Waals surface area contributed by atoms with E-state index in [0.29, 0.717) is 18.1 Å². The van der Waals surface area contributed by atoms with Crippen LogP contribution in [0.3, 0.4) is 0 Å². The fourth-order valence-corrected chi connectivity index (χ4v) is 5.03. The van der Waals surface area contributed by atoms with Gasteiger partial charge in [-0.25, -0.2) is 0 Å². The van der Waals surface area contributed by atoms with Crippen molar-refractivity contribution in [1.82, 2.24) is 10.2 Å². The maximum Gasteiger partial charge on any atom is 0.253 e. The molecule has 1 N–H and O–H groups in total. The molecule has 2 aliphatic rings. The number of amides is 2. The fraction of sp³-hybridized carbons (Fsp3) is 0.440. The minimum absolute atomic E-state index is 0.0750. The molecule has 4 nitrogen and oxygen atoms in total. The third-order valence-electron chi connectivity index (χ3n) is 6.68. The number of nitrogens with zero attached hydrogens (tertiary/aromatic N) is 1. The van der Waals surface area contributed by atoms with Gasteiger partial charge in [0.15, 0.2) is 0 Å². The predicted octanol–water partition coefficient (Wildman–Crippen LogP) is 4.88. The van der Waals surface area contributed by atoms with Crippen LogP contribution in [0.1, 0.15) is 60.0 Å². The van der Waals surface area contributed by atoms with Gasteiger partial charge in [0, 0.05) is 29.7 Å². The molecule has 1 saturated heterocycles. The molecular formula is C25H29ClN2O2. The molecule has 0 bridgehead atoms. The van der Waals surface area contributed by atoms with Crippen LogP contribution in [0, 0.1) is 6.92 Å². The highest BCUT2D eigenvalue weighted by Gasteiger charge is 2.43.